The molecule has 0 fully saturated rings. The van der Waals surface area contributed by atoms with Gasteiger partial charge in [-0.3, -0.25) is 24.0 Å². The Morgan fingerprint density at radius 3 is 2.24 bits per heavy atom. The molecule has 3 N–H and O–H groups in total. The van der Waals surface area contributed by atoms with Crippen LogP contribution in [0, 0.1) is 11.7 Å². The summed E-state index contributed by atoms with van der Waals surface area (Å²) >= 11 is 5.98. The first-order valence-corrected chi connectivity index (χ1v) is 14.3. The van der Waals surface area contributed by atoms with Gasteiger partial charge in [0.1, 0.15) is 23.4 Å². The van der Waals surface area contributed by atoms with Gasteiger partial charge in [-0.1, -0.05) is 74.0 Å². The first-order chi connectivity index (χ1) is 21.4. The van der Waals surface area contributed by atoms with Crippen LogP contribution in [0.5, 0.6) is 0 Å². The molecule has 11 nitrogen and oxygen atoms in total. The van der Waals surface area contributed by atoms with Crippen LogP contribution >= 0.6 is 11.6 Å². The number of halogens is 2. The number of oxazole rings is 1. The summed E-state index contributed by atoms with van der Waals surface area (Å²) in [5.74, 6) is -5.96. The van der Waals surface area contributed by atoms with Crippen LogP contribution in [0.3, 0.4) is 0 Å². The number of amides is 3. The molecule has 0 spiro atoms. The minimum Gasteiger partial charge on any atom is -0.481 e. The Morgan fingerprint density at radius 2 is 1.62 bits per heavy atom. The lowest BCUT2D eigenvalue weighted by Crippen LogP contribution is -2.54. The van der Waals surface area contributed by atoms with Crippen molar-refractivity contribution in [2.75, 3.05) is 6.54 Å². The molecule has 2 unspecified atom stereocenters. The van der Waals surface area contributed by atoms with Gasteiger partial charge in [0.25, 0.3) is 11.8 Å². The maximum atomic E-state index is 13.9. The molecule has 0 aliphatic carbocycles. The fourth-order valence-electron chi connectivity index (χ4n) is 4.55. The van der Waals surface area contributed by atoms with E-state index in [1.807, 2.05) is 0 Å². The van der Waals surface area contributed by atoms with Crippen molar-refractivity contribution in [3.05, 3.63) is 101 Å². The molecule has 1 heterocycles. The van der Waals surface area contributed by atoms with Gasteiger partial charge in [-0.05, 0) is 29.7 Å². The van der Waals surface area contributed by atoms with Gasteiger partial charge in [0, 0.05) is 18.2 Å². The fourth-order valence-corrected chi connectivity index (χ4v) is 4.79. The van der Waals surface area contributed by atoms with E-state index in [0.717, 1.165) is 12.1 Å². The second-order valence-corrected chi connectivity index (χ2v) is 11.0. The molecule has 234 valence electrons. The molecule has 13 heteroatoms. The molecule has 4 rings (SSSR count). The van der Waals surface area contributed by atoms with E-state index < -0.39 is 66.2 Å². The summed E-state index contributed by atoms with van der Waals surface area (Å²) in [6.45, 7) is 2.89. The Hall–Kier alpha value is -5.10. The van der Waals surface area contributed by atoms with E-state index in [1.54, 1.807) is 74.5 Å². The van der Waals surface area contributed by atoms with Gasteiger partial charge in [-0.25, -0.2) is 9.37 Å². The number of carbonyl (C=O) groups is 5. The average Bonchev–Trinajstić information content (AvgIpc) is 3.43. The van der Waals surface area contributed by atoms with E-state index in [9.17, 15) is 33.5 Å². The summed E-state index contributed by atoms with van der Waals surface area (Å²) in [6, 6.07) is 16.4. The number of carboxylic acids is 1. The predicted molar refractivity (Wildman–Crippen MR) is 162 cm³/mol. The van der Waals surface area contributed by atoms with Crippen LogP contribution in [0.2, 0.25) is 5.02 Å². The first kappa shape index (κ1) is 32.8. The Bertz CT molecular complexity index is 1710. The lowest BCUT2D eigenvalue weighted by molar-refractivity contribution is -0.140. The third-order valence-electron chi connectivity index (χ3n) is 6.77. The zero-order valence-electron chi connectivity index (χ0n) is 24.3. The van der Waals surface area contributed by atoms with Crippen molar-refractivity contribution in [2.24, 2.45) is 5.92 Å². The Labute approximate surface area is 262 Å². The number of ketones is 1. The van der Waals surface area contributed by atoms with E-state index in [4.69, 9.17) is 16.0 Å². The minimum atomic E-state index is -1.64. The molecule has 0 saturated carbocycles. The lowest BCUT2D eigenvalue weighted by atomic mass is 10.0. The number of nitrogens with zero attached hydrogens (tertiary/aromatic N) is 2. The van der Waals surface area contributed by atoms with Crippen molar-refractivity contribution in [2.45, 2.75) is 38.9 Å². The molecule has 0 radical (unpaired) electrons. The molecule has 0 bridgehead atoms. The standard InChI is InChI=1S/C32H30ClFN4O7/c1-18(2)27(37-30(43)20-11-7-4-8-12-20)32(44)38(16-19-9-5-3-6-10-19)17-25(39)35-23(15-26(40)41)28(42)31-36-24-14-21(34)13-22(33)29(24)45-31/h3-14,18,23,27H,15-17H2,1-2H3,(H,35,39)(H,37,43)(H,40,41). The summed E-state index contributed by atoms with van der Waals surface area (Å²) < 4.78 is 19.2. The van der Waals surface area contributed by atoms with Crippen LogP contribution in [-0.2, 0) is 20.9 Å². The number of rotatable bonds is 13. The van der Waals surface area contributed by atoms with Crippen molar-refractivity contribution in [3.8, 4) is 0 Å². The third-order valence-corrected chi connectivity index (χ3v) is 7.05. The van der Waals surface area contributed by atoms with E-state index in [-0.39, 0.29) is 28.6 Å². The first-order valence-electron chi connectivity index (χ1n) is 13.9. The molecule has 2 atom stereocenters. The number of Topliss-reactive ketones (excluding diaryl/α,β-unsaturated/α-hetero) is 1. The fraction of sp³-hybridized carbons (Fsp3) is 0.250. The molecular formula is C32H30ClFN4O7. The number of nitrogens with one attached hydrogen (secondary N) is 2. The topological polar surface area (TPSA) is 159 Å². The number of aromatic nitrogens is 1. The van der Waals surface area contributed by atoms with E-state index in [1.165, 1.54) is 4.90 Å². The molecule has 3 amide bonds. The number of aliphatic carboxylic acids is 1. The Balaban J connectivity index is 1.57. The molecule has 0 saturated heterocycles. The number of hydrogen-bond acceptors (Lipinski definition) is 7. The highest BCUT2D eigenvalue weighted by Gasteiger charge is 2.33. The maximum Gasteiger partial charge on any atom is 0.305 e. The number of carbonyl (C=O) groups excluding carboxylic acids is 4. The molecule has 0 aliphatic heterocycles. The monoisotopic (exact) mass is 636 g/mol. The van der Waals surface area contributed by atoms with Gasteiger partial charge >= 0.3 is 5.97 Å². The molecule has 3 aromatic carbocycles. The van der Waals surface area contributed by atoms with Crippen molar-refractivity contribution < 1.29 is 37.9 Å². The van der Waals surface area contributed by atoms with Gasteiger partial charge in [0.2, 0.25) is 17.6 Å². The zero-order valence-corrected chi connectivity index (χ0v) is 25.1. The van der Waals surface area contributed by atoms with Crippen LogP contribution in [0.25, 0.3) is 11.1 Å². The molecule has 4 aromatic rings. The van der Waals surface area contributed by atoms with Crippen molar-refractivity contribution in [3.63, 3.8) is 0 Å². The largest absolute Gasteiger partial charge is 0.481 e. The number of benzene rings is 3. The van der Waals surface area contributed by atoms with Crippen LogP contribution in [0.1, 0.15) is 46.9 Å². The second kappa shape index (κ2) is 14.6. The van der Waals surface area contributed by atoms with E-state index in [0.29, 0.717) is 11.1 Å². The smallest absolute Gasteiger partial charge is 0.305 e. The van der Waals surface area contributed by atoms with Crippen molar-refractivity contribution in [1.29, 1.82) is 0 Å². The number of carboxylic acid groups (broad SMARTS) is 1. The summed E-state index contributed by atoms with van der Waals surface area (Å²) in [5.41, 5.74) is 0.880. The van der Waals surface area contributed by atoms with Gasteiger partial charge in [-0.15, -0.1) is 0 Å². The van der Waals surface area contributed by atoms with Gasteiger partial charge in [0.05, 0.1) is 18.0 Å². The van der Waals surface area contributed by atoms with E-state index in [2.05, 4.69) is 15.6 Å². The zero-order chi connectivity index (χ0) is 32.7. The summed E-state index contributed by atoms with van der Waals surface area (Å²) in [6.07, 6.45) is -0.834. The summed E-state index contributed by atoms with van der Waals surface area (Å²) in [5, 5.41) is 14.4. The third kappa shape index (κ3) is 8.51. The van der Waals surface area contributed by atoms with Crippen LogP contribution in [0.15, 0.2) is 77.2 Å². The predicted octanol–water partition coefficient (Wildman–Crippen LogP) is 4.25. The second-order valence-electron chi connectivity index (χ2n) is 10.6. The SMILES string of the molecule is CC(C)C(NC(=O)c1ccccc1)C(=O)N(CC(=O)NC(CC(=O)O)C(=O)c1nc2cc(F)cc(Cl)c2o1)Cc1ccccc1. The normalized spacial score (nSPS) is 12.4. The molecule has 0 aliphatic rings. The van der Waals surface area contributed by atoms with Crippen LogP contribution in [-0.4, -0.2) is 63.1 Å². The van der Waals surface area contributed by atoms with Crippen LogP contribution in [0.4, 0.5) is 4.39 Å². The molecule has 1 aromatic heterocycles. The highest BCUT2D eigenvalue weighted by atomic mass is 35.5. The number of fused-ring (bicyclic) bond motifs is 1. The van der Waals surface area contributed by atoms with Crippen molar-refractivity contribution in [1.82, 2.24) is 20.5 Å². The average molecular weight is 637 g/mol. The van der Waals surface area contributed by atoms with Crippen LogP contribution < -0.4 is 10.6 Å². The van der Waals surface area contributed by atoms with Gasteiger partial charge in [-0.2, -0.15) is 0 Å². The Morgan fingerprint density at radius 1 is 0.978 bits per heavy atom. The summed E-state index contributed by atoms with van der Waals surface area (Å²) in [7, 11) is 0. The quantitative estimate of drug-likeness (QED) is 0.184. The van der Waals surface area contributed by atoms with Crippen molar-refractivity contribution >= 4 is 52.2 Å². The lowest BCUT2D eigenvalue weighted by Gasteiger charge is -2.30. The molecular weight excluding hydrogens is 607 g/mol. The summed E-state index contributed by atoms with van der Waals surface area (Å²) in [4.78, 5) is 70.1. The Kier molecular flexibility index (Phi) is 10.6. The highest BCUT2D eigenvalue weighted by Crippen LogP contribution is 2.26. The highest BCUT2D eigenvalue weighted by molar-refractivity contribution is 6.34. The van der Waals surface area contributed by atoms with Gasteiger partial charge in [0.15, 0.2) is 5.58 Å². The maximum absolute atomic E-state index is 13.9. The van der Waals surface area contributed by atoms with Gasteiger partial charge < -0.3 is 25.1 Å². The molecule has 45 heavy (non-hydrogen) atoms. The minimum absolute atomic E-state index is 0.0236. The number of hydrogen-bond donors (Lipinski definition) is 3. The van der Waals surface area contributed by atoms with E-state index >= 15 is 0 Å².